The van der Waals surface area contributed by atoms with Crippen LogP contribution in [0.15, 0.2) is 30.5 Å². The van der Waals surface area contributed by atoms with Gasteiger partial charge in [-0.2, -0.15) is 5.10 Å². The molecule has 0 unspecified atom stereocenters. The average molecular weight is 342 g/mol. The zero-order valence-electron chi connectivity index (χ0n) is 15.4. The maximum atomic E-state index is 12.1. The molecule has 0 aliphatic carbocycles. The van der Waals surface area contributed by atoms with E-state index in [-0.39, 0.29) is 11.9 Å². The molecule has 1 aromatic heterocycles. The van der Waals surface area contributed by atoms with Crippen molar-refractivity contribution in [3.05, 3.63) is 47.3 Å². The van der Waals surface area contributed by atoms with Crippen LogP contribution >= 0.6 is 0 Å². The molecule has 0 saturated carbocycles. The molecule has 1 aliphatic heterocycles. The second-order valence-electron chi connectivity index (χ2n) is 6.62. The summed E-state index contributed by atoms with van der Waals surface area (Å²) in [7, 11) is 3.63. The first-order valence-electron chi connectivity index (χ1n) is 8.60. The monoisotopic (exact) mass is 342 g/mol. The molecule has 134 valence electrons. The third-order valence-electron chi connectivity index (χ3n) is 5.10. The van der Waals surface area contributed by atoms with Crippen molar-refractivity contribution >= 4 is 5.91 Å². The lowest BCUT2D eigenvalue weighted by Gasteiger charge is -2.41. The fourth-order valence-electron chi connectivity index (χ4n) is 3.41. The highest BCUT2D eigenvalue weighted by atomic mass is 16.5. The van der Waals surface area contributed by atoms with E-state index in [0.717, 1.165) is 37.5 Å². The van der Waals surface area contributed by atoms with Crippen molar-refractivity contribution in [2.45, 2.75) is 26.4 Å². The number of ether oxygens (including phenoxy) is 1. The largest absolute Gasteiger partial charge is 0.497 e. The third kappa shape index (κ3) is 3.69. The van der Waals surface area contributed by atoms with Crippen LogP contribution in [0, 0.1) is 6.92 Å². The van der Waals surface area contributed by atoms with E-state index in [1.165, 1.54) is 11.3 Å². The van der Waals surface area contributed by atoms with Gasteiger partial charge in [0.05, 0.1) is 19.3 Å². The van der Waals surface area contributed by atoms with Crippen molar-refractivity contribution in [1.29, 1.82) is 0 Å². The molecule has 0 radical (unpaired) electrons. The molecule has 1 saturated heterocycles. The summed E-state index contributed by atoms with van der Waals surface area (Å²) in [5, 5.41) is 4.33. The van der Waals surface area contributed by atoms with Gasteiger partial charge in [-0.1, -0.05) is 12.1 Å². The van der Waals surface area contributed by atoms with E-state index < -0.39 is 0 Å². The van der Waals surface area contributed by atoms with Gasteiger partial charge in [0.1, 0.15) is 5.75 Å². The first kappa shape index (κ1) is 17.5. The molecule has 6 heteroatoms. The zero-order chi connectivity index (χ0) is 18.0. The maximum Gasteiger partial charge on any atom is 0.220 e. The van der Waals surface area contributed by atoms with Gasteiger partial charge in [0.15, 0.2) is 0 Å². The Balaban J connectivity index is 1.79. The Morgan fingerprint density at radius 3 is 2.56 bits per heavy atom. The topological polar surface area (TPSA) is 50.6 Å². The second-order valence-corrected chi connectivity index (χ2v) is 6.62. The number of carbonyl (C=O) groups is 1. The van der Waals surface area contributed by atoms with Crippen LogP contribution in [0.2, 0.25) is 0 Å². The van der Waals surface area contributed by atoms with Crippen molar-refractivity contribution < 1.29 is 9.53 Å². The van der Waals surface area contributed by atoms with Gasteiger partial charge in [-0.3, -0.25) is 14.4 Å². The molecule has 0 spiro atoms. The minimum absolute atomic E-state index is 0.0640. The normalized spacial score (nSPS) is 18.4. The van der Waals surface area contributed by atoms with Crippen molar-refractivity contribution in [1.82, 2.24) is 19.6 Å². The van der Waals surface area contributed by atoms with Crippen LogP contribution in [0.1, 0.15) is 29.8 Å². The zero-order valence-corrected chi connectivity index (χ0v) is 15.4. The highest BCUT2D eigenvalue weighted by Gasteiger charge is 2.30. The molecule has 2 aromatic rings. The van der Waals surface area contributed by atoms with E-state index in [0.29, 0.717) is 0 Å². The molecule has 6 nitrogen and oxygen atoms in total. The van der Waals surface area contributed by atoms with Crippen LogP contribution in [0.5, 0.6) is 5.75 Å². The number of aromatic nitrogens is 2. The third-order valence-corrected chi connectivity index (χ3v) is 5.10. The summed E-state index contributed by atoms with van der Waals surface area (Å²) in [4.78, 5) is 16.5. The fourth-order valence-corrected chi connectivity index (χ4v) is 3.41. The minimum Gasteiger partial charge on any atom is -0.497 e. The lowest BCUT2D eigenvalue weighted by molar-refractivity contribution is -0.134. The predicted octanol–water partition coefficient (Wildman–Crippen LogP) is 2.14. The maximum absolute atomic E-state index is 12.1. The number of carbonyl (C=O) groups excluding carboxylic acids is 1. The van der Waals surface area contributed by atoms with Crippen molar-refractivity contribution in [3.8, 4) is 5.75 Å². The second kappa shape index (κ2) is 7.27. The van der Waals surface area contributed by atoms with Crippen LogP contribution < -0.4 is 4.74 Å². The van der Waals surface area contributed by atoms with Crippen LogP contribution in [-0.4, -0.2) is 52.2 Å². The van der Waals surface area contributed by atoms with Crippen LogP contribution in [0.25, 0.3) is 0 Å². The average Bonchev–Trinajstić information content (AvgIpc) is 2.93. The molecule has 25 heavy (non-hydrogen) atoms. The Morgan fingerprint density at radius 1 is 1.28 bits per heavy atom. The molecule has 1 aliphatic rings. The van der Waals surface area contributed by atoms with Gasteiger partial charge in [0.2, 0.25) is 5.91 Å². The molecule has 0 bridgehead atoms. The Kier molecular flexibility index (Phi) is 5.08. The lowest BCUT2D eigenvalue weighted by atomic mass is 10.0. The van der Waals surface area contributed by atoms with E-state index in [1.807, 2.05) is 35.0 Å². The highest BCUT2D eigenvalue weighted by molar-refractivity contribution is 5.74. The van der Waals surface area contributed by atoms with E-state index in [2.05, 4.69) is 29.1 Å². The molecular weight excluding hydrogens is 316 g/mol. The van der Waals surface area contributed by atoms with Gasteiger partial charge in [-0.25, -0.2) is 0 Å². The molecular formula is C19H26N4O2. The molecule has 1 atom stereocenters. The number of amides is 1. The summed E-state index contributed by atoms with van der Waals surface area (Å²) in [6.45, 7) is 7.04. The molecule has 2 heterocycles. The number of nitrogens with zero attached hydrogens (tertiary/aromatic N) is 4. The van der Waals surface area contributed by atoms with Gasteiger partial charge in [-0.15, -0.1) is 0 Å². The van der Waals surface area contributed by atoms with Crippen molar-refractivity contribution in [2.75, 3.05) is 26.7 Å². The highest BCUT2D eigenvalue weighted by Crippen LogP contribution is 2.28. The van der Waals surface area contributed by atoms with Gasteiger partial charge in [0.25, 0.3) is 0 Å². The standard InChI is InChI=1S/C19H26N4O2/c1-14-17(11-20-21(14)3)12-22-9-10-23(15(2)24)19(13-22)16-5-7-18(25-4)8-6-16/h5-8,11,19H,9-10,12-13H2,1-4H3/t19-/m1/s1. The first-order chi connectivity index (χ1) is 12.0. The smallest absolute Gasteiger partial charge is 0.220 e. The molecule has 3 rings (SSSR count). The molecule has 1 fully saturated rings. The Hall–Kier alpha value is -2.34. The summed E-state index contributed by atoms with van der Waals surface area (Å²) in [6.07, 6.45) is 1.94. The minimum atomic E-state index is 0.0640. The number of aryl methyl sites for hydroxylation is 1. The first-order valence-corrected chi connectivity index (χ1v) is 8.60. The molecule has 0 N–H and O–H groups in total. The van der Waals surface area contributed by atoms with Crippen molar-refractivity contribution in [2.24, 2.45) is 7.05 Å². The summed E-state index contributed by atoms with van der Waals surface area (Å²) in [5.74, 6) is 0.954. The quantitative estimate of drug-likeness (QED) is 0.854. The van der Waals surface area contributed by atoms with E-state index >= 15 is 0 Å². The Morgan fingerprint density at radius 2 is 2.00 bits per heavy atom. The molecule has 1 aromatic carbocycles. The van der Waals surface area contributed by atoms with Gasteiger partial charge >= 0.3 is 0 Å². The van der Waals surface area contributed by atoms with Gasteiger partial charge in [0, 0.05) is 51.4 Å². The number of hydrogen-bond acceptors (Lipinski definition) is 4. The van der Waals surface area contributed by atoms with E-state index in [9.17, 15) is 4.79 Å². The van der Waals surface area contributed by atoms with Crippen LogP contribution in [0.4, 0.5) is 0 Å². The number of methoxy groups -OCH3 is 1. The fraction of sp³-hybridized carbons (Fsp3) is 0.474. The Bertz CT molecular complexity index is 738. The summed E-state index contributed by atoms with van der Waals surface area (Å²) < 4.78 is 7.15. The summed E-state index contributed by atoms with van der Waals surface area (Å²) >= 11 is 0. The van der Waals surface area contributed by atoms with E-state index in [4.69, 9.17) is 4.74 Å². The number of rotatable bonds is 4. The SMILES string of the molecule is COc1ccc([C@H]2CN(Cc3cnn(C)c3C)CCN2C(C)=O)cc1. The summed E-state index contributed by atoms with van der Waals surface area (Å²) in [6, 6.07) is 8.08. The van der Waals surface area contributed by atoms with E-state index in [1.54, 1.807) is 14.0 Å². The van der Waals surface area contributed by atoms with Crippen LogP contribution in [-0.2, 0) is 18.4 Å². The number of benzene rings is 1. The summed E-state index contributed by atoms with van der Waals surface area (Å²) in [5.41, 5.74) is 3.57. The van der Waals surface area contributed by atoms with Crippen LogP contribution in [0.3, 0.4) is 0 Å². The van der Waals surface area contributed by atoms with Gasteiger partial charge < -0.3 is 9.64 Å². The predicted molar refractivity (Wildman–Crippen MR) is 96.3 cm³/mol. The van der Waals surface area contributed by atoms with Gasteiger partial charge in [-0.05, 0) is 24.6 Å². The lowest BCUT2D eigenvalue weighted by Crippen LogP contribution is -2.49. The Labute approximate surface area is 149 Å². The number of piperazine rings is 1. The van der Waals surface area contributed by atoms with Crippen molar-refractivity contribution in [3.63, 3.8) is 0 Å². The molecule has 1 amide bonds. The number of hydrogen-bond donors (Lipinski definition) is 0.